The minimum Gasteiger partial charge on any atom is -0.464 e. The van der Waals surface area contributed by atoms with E-state index in [-0.39, 0.29) is 13.2 Å². The molecule has 0 aliphatic carbocycles. The summed E-state index contributed by atoms with van der Waals surface area (Å²) in [4.78, 5) is 36.4. The van der Waals surface area contributed by atoms with Crippen LogP contribution >= 0.6 is 0 Å². The standard InChI is InChI=1S/C17H23NO5/c1-4-18(17(21)23-13(3)19)15(16(20)22-5-2)12-11-14-9-7-6-8-10-14/h6-10,15H,4-5,11-12H2,1-3H3. The van der Waals surface area contributed by atoms with E-state index in [1.165, 1.54) is 4.90 Å². The van der Waals surface area contributed by atoms with Crippen molar-refractivity contribution in [1.29, 1.82) is 0 Å². The molecule has 0 N–H and O–H groups in total. The number of likely N-dealkylation sites (N-methyl/N-ethyl adjacent to an activating group) is 1. The highest BCUT2D eigenvalue weighted by Crippen LogP contribution is 2.13. The first-order valence-corrected chi connectivity index (χ1v) is 7.69. The maximum absolute atomic E-state index is 12.2. The quantitative estimate of drug-likeness (QED) is 0.570. The number of amides is 1. The molecule has 126 valence electrons. The molecule has 0 aromatic heterocycles. The Morgan fingerprint density at radius 1 is 1.13 bits per heavy atom. The van der Waals surface area contributed by atoms with Crippen molar-refractivity contribution >= 4 is 18.0 Å². The lowest BCUT2D eigenvalue weighted by molar-refractivity contribution is -0.150. The van der Waals surface area contributed by atoms with Crippen LogP contribution in [0.2, 0.25) is 0 Å². The number of esters is 2. The monoisotopic (exact) mass is 321 g/mol. The number of nitrogens with zero attached hydrogens (tertiary/aromatic N) is 1. The average molecular weight is 321 g/mol. The predicted octanol–water partition coefficient (Wildman–Crippen LogP) is 2.56. The van der Waals surface area contributed by atoms with Gasteiger partial charge in [-0.15, -0.1) is 0 Å². The highest BCUT2D eigenvalue weighted by atomic mass is 16.6. The second-order valence-corrected chi connectivity index (χ2v) is 4.94. The van der Waals surface area contributed by atoms with Gasteiger partial charge in [-0.1, -0.05) is 30.3 Å². The van der Waals surface area contributed by atoms with Crippen LogP contribution in [0.15, 0.2) is 30.3 Å². The number of benzene rings is 1. The topological polar surface area (TPSA) is 72.9 Å². The van der Waals surface area contributed by atoms with Crippen LogP contribution in [0.3, 0.4) is 0 Å². The predicted molar refractivity (Wildman–Crippen MR) is 84.7 cm³/mol. The summed E-state index contributed by atoms with van der Waals surface area (Å²) in [7, 11) is 0. The van der Waals surface area contributed by atoms with Crippen LogP contribution in [0.1, 0.15) is 32.8 Å². The average Bonchev–Trinajstić information content (AvgIpc) is 2.51. The molecule has 0 saturated carbocycles. The van der Waals surface area contributed by atoms with E-state index in [1.807, 2.05) is 30.3 Å². The normalized spacial score (nSPS) is 11.4. The Labute approximate surface area is 136 Å². The largest absolute Gasteiger partial charge is 0.464 e. The van der Waals surface area contributed by atoms with E-state index < -0.39 is 24.1 Å². The molecule has 1 aromatic rings. The van der Waals surface area contributed by atoms with E-state index in [0.29, 0.717) is 12.8 Å². The molecule has 0 aliphatic heterocycles. The second kappa shape index (κ2) is 9.61. The first kappa shape index (κ1) is 18.7. The molecule has 1 unspecified atom stereocenters. The van der Waals surface area contributed by atoms with Crippen LogP contribution in [0, 0.1) is 0 Å². The van der Waals surface area contributed by atoms with Gasteiger partial charge in [0.15, 0.2) is 0 Å². The van der Waals surface area contributed by atoms with Gasteiger partial charge < -0.3 is 9.47 Å². The Morgan fingerprint density at radius 2 is 1.78 bits per heavy atom. The summed E-state index contributed by atoms with van der Waals surface area (Å²) in [6, 6.07) is 8.85. The zero-order valence-corrected chi connectivity index (χ0v) is 13.8. The van der Waals surface area contributed by atoms with Gasteiger partial charge in [0.05, 0.1) is 6.61 Å². The number of ether oxygens (including phenoxy) is 2. The smallest absolute Gasteiger partial charge is 0.418 e. The van der Waals surface area contributed by atoms with Gasteiger partial charge in [-0.25, -0.2) is 9.59 Å². The Morgan fingerprint density at radius 3 is 2.30 bits per heavy atom. The SMILES string of the molecule is CCOC(=O)C(CCc1ccccc1)N(CC)C(=O)OC(C)=O. The number of carbonyl (C=O) groups excluding carboxylic acids is 3. The van der Waals surface area contributed by atoms with Crippen molar-refractivity contribution < 1.29 is 23.9 Å². The maximum Gasteiger partial charge on any atom is 0.418 e. The van der Waals surface area contributed by atoms with Crippen molar-refractivity contribution in [3.05, 3.63) is 35.9 Å². The van der Waals surface area contributed by atoms with Gasteiger partial charge in [0, 0.05) is 13.5 Å². The molecule has 0 aliphatic rings. The number of hydrogen-bond acceptors (Lipinski definition) is 5. The minimum atomic E-state index is -0.828. The van der Waals surface area contributed by atoms with Gasteiger partial charge in [-0.05, 0) is 32.3 Å². The van der Waals surface area contributed by atoms with E-state index in [1.54, 1.807) is 13.8 Å². The lowest BCUT2D eigenvalue weighted by atomic mass is 10.0. The third-order valence-electron chi connectivity index (χ3n) is 3.29. The van der Waals surface area contributed by atoms with Gasteiger partial charge in [-0.2, -0.15) is 0 Å². The van der Waals surface area contributed by atoms with Crippen molar-refractivity contribution in [2.45, 2.75) is 39.7 Å². The second-order valence-electron chi connectivity index (χ2n) is 4.94. The molecule has 0 fully saturated rings. The van der Waals surface area contributed by atoms with E-state index in [4.69, 9.17) is 4.74 Å². The Balaban J connectivity index is 2.86. The van der Waals surface area contributed by atoms with Crippen LogP contribution in [-0.2, 0) is 25.5 Å². The summed E-state index contributed by atoms with van der Waals surface area (Å²) in [5.74, 6) is -1.20. The Hall–Kier alpha value is -2.37. The molecule has 23 heavy (non-hydrogen) atoms. The lowest BCUT2D eigenvalue weighted by Crippen LogP contribution is -2.46. The minimum absolute atomic E-state index is 0.222. The van der Waals surface area contributed by atoms with Crippen LogP contribution in [0.5, 0.6) is 0 Å². The van der Waals surface area contributed by atoms with Gasteiger partial charge in [-0.3, -0.25) is 9.69 Å². The number of carbonyl (C=O) groups is 3. The third-order valence-corrected chi connectivity index (χ3v) is 3.29. The summed E-state index contributed by atoms with van der Waals surface area (Å²) >= 11 is 0. The zero-order chi connectivity index (χ0) is 17.2. The van der Waals surface area contributed by atoms with Crippen molar-refractivity contribution in [3.63, 3.8) is 0 Å². The van der Waals surface area contributed by atoms with Gasteiger partial charge >= 0.3 is 18.0 Å². The van der Waals surface area contributed by atoms with E-state index in [9.17, 15) is 14.4 Å². The molecular weight excluding hydrogens is 298 g/mol. The zero-order valence-electron chi connectivity index (χ0n) is 13.8. The van der Waals surface area contributed by atoms with Gasteiger partial charge in [0.1, 0.15) is 6.04 Å². The maximum atomic E-state index is 12.2. The molecule has 1 aromatic carbocycles. The van der Waals surface area contributed by atoms with Crippen LogP contribution in [0.4, 0.5) is 4.79 Å². The molecule has 6 nitrogen and oxygen atoms in total. The molecule has 0 spiro atoms. The van der Waals surface area contributed by atoms with Crippen molar-refractivity contribution in [2.24, 2.45) is 0 Å². The Bertz CT molecular complexity index is 529. The van der Waals surface area contributed by atoms with Crippen LogP contribution in [0.25, 0.3) is 0 Å². The van der Waals surface area contributed by atoms with Gasteiger partial charge in [0.2, 0.25) is 0 Å². The molecule has 6 heteroatoms. The molecule has 1 rings (SSSR count). The van der Waals surface area contributed by atoms with Crippen molar-refractivity contribution in [3.8, 4) is 0 Å². The number of hydrogen-bond donors (Lipinski definition) is 0. The number of rotatable bonds is 7. The molecule has 0 bridgehead atoms. The molecular formula is C17H23NO5. The summed E-state index contributed by atoms with van der Waals surface area (Å²) < 4.78 is 9.66. The fourth-order valence-corrected chi connectivity index (χ4v) is 2.25. The van der Waals surface area contributed by atoms with Crippen LogP contribution < -0.4 is 0 Å². The molecule has 1 atom stereocenters. The molecule has 0 radical (unpaired) electrons. The van der Waals surface area contributed by atoms with Gasteiger partial charge in [0.25, 0.3) is 0 Å². The fourth-order valence-electron chi connectivity index (χ4n) is 2.25. The highest BCUT2D eigenvalue weighted by molar-refractivity contribution is 5.87. The van der Waals surface area contributed by atoms with Crippen LogP contribution in [-0.4, -0.2) is 42.1 Å². The first-order chi connectivity index (χ1) is 11.0. The molecule has 0 heterocycles. The highest BCUT2D eigenvalue weighted by Gasteiger charge is 2.31. The summed E-state index contributed by atoms with van der Waals surface area (Å²) in [5.41, 5.74) is 1.05. The molecule has 0 saturated heterocycles. The fraction of sp³-hybridized carbons (Fsp3) is 0.471. The van der Waals surface area contributed by atoms with E-state index in [2.05, 4.69) is 4.74 Å². The first-order valence-electron chi connectivity index (χ1n) is 7.69. The number of aryl methyl sites for hydroxylation is 1. The summed E-state index contributed by atoms with van der Waals surface area (Å²) in [6.07, 6.45) is 0.170. The lowest BCUT2D eigenvalue weighted by Gasteiger charge is -2.27. The molecule has 1 amide bonds. The van der Waals surface area contributed by atoms with E-state index in [0.717, 1.165) is 12.5 Å². The van der Waals surface area contributed by atoms with E-state index >= 15 is 0 Å². The summed E-state index contributed by atoms with van der Waals surface area (Å²) in [5, 5.41) is 0. The van der Waals surface area contributed by atoms with Crippen molar-refractivity contribution in [2.75, 3.05) is 13.2 Å². The van der Waals surface area contributed by atoms with Crippen molar-refractivity contribution in [1.82, 2.24) is 4.90 Å². The summed E-state index contributed by atoms with van der Waals surface area (Å²) in [6.45, 7) is 5.03. The third kappa shape index (κ3) is 6.10. The Kier molecular flexibility index (Phi) is 7.80.